The monoisotopic (exact) mass is 393 g/mol. The zero-order valence-electron chi connectivity index (χ0n) is 16.2. The van der Waals surface area contributed by atoms with Crippen molar-refractivity contribution >= 4 is 11.6 Å². The summed E-state index contributed by atoms with van der Waals surface area (Å²) in [5.74, 6) is 1.76. The lowest BCUT2D eigenvalue weighted by atomic mass is 9.89. The molecule has 3 aromatic rings. The lowest BCUT2D eigenvalue weighted by Crippen LogP contribution is -2.30. The first-order chi connectivity index (χ1) is 13.7. The van der Waals surface area contributed by atoms with Gasteiger partial charge in [-0.25, -0.2) is 0 Å². The average Bonchev–Trinajstić information content (AvgIpc) is 2.74. The molecule has 144 valence electrons. The van der Waals surface area contributed by atoms with Gasteiger partial charge in [0.25, 0.3) is 0 Å². The molecule has 4 rings (SSSR count). The highest BCUT2D eigenvalue weighted by molar-refractivity contribution is 6.31. The maximum absolute atomic E-state index is 6.41. The van der Waals surface area contributed by atoms with E-state index in [1.807, 2.05) is 43.3 Å². The number of methoxy groups -OCH3 is 1. The van der Waals surface area contributed by atoms with Crippen molar-refractivity contribution in [3.05, 3.63) is 93.5 Å². The molecule has 1 N–H and O–H groups in total. The number of hydrogen-bond donors (Lipinski definition) is 1. The van der Waals surface area contributed by atoms with Crippen LogP contribution < -0.4 is 14.8 Å². The van der Waals surface area contributed by atoms with Crippen molar-refractivity contribution in [1.82, 2.24) is 5.32 Å². The fraction of sp³-hybridized carbons (Fsp3) is 0.250. The highest BCUT2D eigenvalue weighted by Gasteiger charge is 2.25. The number of hydrogen-bond acceptors (Lipinski definition) is 3. The van der Waals surface area contributed by atoms with Crippen LogP contribution in [0.15, 0.2) is 60.7 Å². The summed E-state index contributed by atoms with van der Waals surface area (Å²) in [5, 5.41) is 4.37. The first-order valence-corrected chi connectivity index (χ1v) is 9.90. The van der Waals surface area contributed by atoms with Crippen molar-refractivity contribution < 1.29 is 9.47 Å². The van der Waals surface area contributed by atoms with Crippen LogP contribution in [0.1, 0.15) is 33.9 Å². The topological polar surface area (TPSA) is 30.5 Å². The molecule has 1 aliphatic rings. The van der Waals surface area contributed by atoms with Crippen LogP contribution in [0.5, 0.6) is 11.5 Å². The van der Waals surface area contributed by atoms with Gasteiger partial charge in [-0.2, -0.15) is 0 Å². The minimum atomic E-state index is 0.0555. The van der Waals surface area contributed by atoms with E-state index in [0.717, 1.165) is 40.6 Å². The Morgan fingerprint density at radius 2 is 1.86 bits per heavy atom. The van der Waals surface area contributed by atoms with Crippen molar-refractivity contribution in [2.75, 3.05) is 13.7 Å². The standard InChI is InChI=1S/C24H24ClNO2/c1-16-12-23(27-2)21(14-22(16)25)24-20-9-8-19(13-18(20)10-11-26-24)28-15-17-6-4-3-5-7-17/h3-9,12-14,24,26H,10-11,15H2,1-2H3. The summed E-state index contributed by atoms with van der Waals surface area (Å²) in [6, 6.07) is 20.7. The van der Waals surface area contributed by atoms with Gasteiger partial charge in [-0.3, -0.25) is 0 Å². The van der Waals surface area contributed by atoms with Gasteiger partial charge in [-0.1, -0.05) is 48.0 Å². The van der Waals surface area contributed by atoms with Crippen molar-refractivity contribution in [3.8, 4) is 11.5 Å². The van der Waals surface area contributed by atoms with Gasteiger partial charge in [0.05, 0.1) is 13.2 Å². The Labute approximate surface area is 171 Å². The second kappa shape index (κ2) is 8.26. The Kier molecular flexibility index (Phi) is 5.56. The molecule has 1 aliphatic heterocycles. The van der Waals surface area contributed by atoms with E-state index in [9.17, 15) is 0 Å². The second-order valence-electron chi connectivity index (χ2n) is 7.12. The molecule has 0 bridgehead atoms. The molecule has 0 aliphatic carbocycles. The van der Waals surface area contributed by atoms with E-state index in [2.05, 4.69) is 29.6 Å². The number of nitrogens with one attached hydrogen (secondary N) is 1. The summed E-state index contributed by atoms with van der Waals surface area (Å²) in [7, 11) is 1.70. The van der Waals surface area contributed by atoms with E-state index in [4.69, 9.17) is 21.1 Å². The van der Waals surface area contributed by atoms with Gasteiger partial charge in [0.1, 0.15) is 18.1 Å². The number of ether oxygens (including phenoxy) is 2. The first kappa shape index (κ1) is 18.9. The van der Waals surface area contributed by atoms with Crippen LogP contribution in [0.2, 0.25) is 5.02 Å². The Bertz CT molecular complexity index is 972. The highest BCUT2D eigenvalue weighted by Crippen LogP contribution is 2.38. The number of aryl methyl sites for hydroxylation is 1. The molecule has 0 spiro atoms. The fourth-order valence-electron chi connectivity index (χ4n) is 3.72. The molecule has 1 atom stereocenters. The normalized spacial score (nSPS) is 15.8. The zero-order valence-corrected chi connectivity index (χ0v) is 16.9. The Morgan fingerprint density at radius 1 is 1.04 bits per heavy atom. The summed E-state index contributed by atoms with van der Waals surface area (Å²) in [5.41, 5.74) is 5.79. The summed E-state index contributed by atoms with van der Waals surface area (Å²) >= 11 is 6.41. The van der Waals surface area contributed by atoms with Crippen molar-refractivity contribution in [3.63, 3.8) is 0 Å². The van der Waals surface area contributed by atoms with E-state index >= 15 is 0 Å². The molecule has 0 saturated heterocycles. The van der Waals surface area contributed by atoms with E-state index in [-0.39, 0.29) is 6.04 Å². The molecule has 3 aromatic carbocycles. The van der Waals surface area contributed by atoms with Gasteiger partial charge in [0.2, 0.25) is 0 Å². The van der Waals surface area contributed by atoms with Crippen LogP contribution in [-0.2, 0) is 13.0 Å². The van der Waals surface area contributed by atoms with Gasteiger partial charge < -0.3 is 14.8 Å². The Morgan fingerprint density at radius 3 is 2.64 bits per heavy atom. The predicted octanol–water partition coefficient (Wildman–Crippen LogP) is 5.47. The minimum absolute atomic E-state index is 0.0555. The Hall–Kier alpha value is -2.49. The summed E-state index contributed by atoms with van der Waals surface area (Å²) in [4.78, 5) is 0. The third-order valence-corrected chi connectivity index (χ3v) is 5.65. The SMILES string of the molecule is COc1cc(C)c(Cl)cc1C1NCCc2cc(OCc3ccccc3)ccc21. The van der Waals surface area contributed by atoms with E-state index in [1.54, 1.807) is 7.11 Å². The van der Waals surface area contributed by atoms with Gasteiger partial charge in [0, 0.05) is 17.1 Å². The van der Waals surface area contributed by atoms with Gasteiger partial charge in [-0.05, 0) is 59.9 Å². The van der Waals surface area contributed by atoms with E-state index in [1.165, 1.54) is 16.7 Å². The maximum Gasteiger partial charge on any atom is 0.124 e. The smallest absolute Gasteiger partial charge is 0.124 e. The molecule has 1 unspecified atom stereocenters. The van der Waals surface area contributed by atoms with Crippen LogP contribution in [-0.4, -0.2) is 13.7 Å². The second-order valence-corrected chi connectivity index (χ2v) is 7.52. The van der Waals surface area contributed by atoms with Crippen LogP contribution in [0, 0.1) is 6.92 Å². The van der Waals surface area contributed by atoms with Crippen LogP contribution >= 0.6 is 11.6 Å². The molecule has 0 radical (unpaired) electrons. The summed E-state index contributed by atoms with van der Waals surface area (Å²) in [6.45, 7) is 3.46. The van der Waals surface area contributed by atoms with Gasteiger partial charge in [-0.15, -0.1) is 0 Å². The quantitative estimate of drug-likeness (QED) is 0.623. The average molecular weight is 394 g/mol. The molecule has 4 heteroatoms. The lowest BCUT2D eigenvalue weighted by Gasteiger charge is -2.29. The number of rotatable bonds is 5. The zero-order chi connectivity index (χ0) is 19.5. The molecule has 28 heavy (non-hydrogen) atoms. The van der Waals surface area contributed by atoms with Crippen LogP contribution in [0.4, 0.5) is 0 Å². The number of halogens is 1. The predicted molar refractivity (Wildman–Crippen MR) is 114 cm³/mol. The summed E-state index contributed by atoms with van der Waals surface area (Å²) < 4.78 is 11.6. The molecule has 3 nitrogen and oxygen atoms in total. The highest BCUT2D eigenvalue weighted by atomic mass is 35.5. The lowest BCUT2D eigenvalue weighted by molar-refractivity contribution is 0.305. The van der Waals surface area contributed by atoms with Gasteiger partial charge >= 0.3 is 0 Å². The molecular formula is C24H24ClNO2. The third kappa shape index (κ3) is 3.87. The van der Waals surface area contributed by atoms with E-state index < -0.39 is 0 Å². The molecule has 0 aromatic heterocycles. The first-order valence-electron chi connectivity index (χ1n) is 9.52. The Balaban J connectivity index is 1.61. The molecule has 0 amide bonds. The fourth-order valence-corrected chi connectivity index (χ4v) is 3.89. The number of fused-ring (bicyclic) bond motifs is 1. The largest absolute Gasteiger partial charge is 0.496 e. The van der Waals surface area contributed by atoms with Gasteiger partial charge in [0.15, 0.2) is 0 Å². The van der Waals surface area contributed by atoms with Crippen molar-refractivity contribution in [1.29, 1.82) is 0 Å². The number of benzene rings is 3. The van der Waals surface area contributed by atoms with Crippen molar-refractivity contribution in [2.45, 2.75) is 26.0 Å². The minimum Gasteiger partial charge on any atom is -0.496 e. The van der Waals surface area contributed by atoms with Crippen LogP contribution in [0.3, 0.4) is 0 Å². The maximum atomic E-state index is 6.41. The van der Waals surface area contributed by atoms with E-state index in [0.29, 0.717) is 6.61 Å². The third-order valence-electron chi connectivity index (χ3n) is 5.24. The molecule has 0 saturated carbocycles. The van der Waals surface area contributed by atoms with Crippen LogP contribution in [0.25, 0.3) is 0 Å². The molecule has 1 heterocycles. The van der Waals surface area contributed by atoms with Crippen molar-refractivity contribution in [2.24, 2.45) is 0 Å². The molecule has 0 fully saturated rings. The molecular weight excluding hydrogens is 370 g/mol. The summed E-state index contributed by atoms with van der Waals surface area (Å²) in [6.07, 6.45) is 0.969.